The van der Waals surface area contributed by atoms with Crippen LogP contribution in [0.4, 0.5) is 0 Å². The molecule has 1 aromatic heterocycles. The number of carbonyl (C=O) groups is 1. The molecule has 0 amide bonds. The number of hydrogen-bond acceptors (Lipinski definition) is 4. The molecule has 0 atom stereocenters. The molecule has 4 nitrogen and oxygen atoms in total. The zero-order valence-electron chi connectivity index (χ0n) is 9.11. The second-order valence-electron chi connectivity index (χ2n) is 4.40. The van der Waals surface area contributed by atoms with Crippen LogP contribution >= 0.6 is 11.3 Å². The van der Waals surface area contributed by atoms with E-state index in [0.29, 0.717) is 6.42 Å². The van der Waals surface area contributed by atoms with Gasteiger partial charge in [0.25, 0.3) is 0 Å². The molecule has 0 aromatic carbocycles. The number of aryl methyl sites for hydroxylation is 1. The third-order valence-corrected chi connectivity index (χ3v) is 4.18. The van der Waals surface area contributed by atoms with Crippen LogP contribution < -0.4 is 5.73 Å². The molecule has 0 aliphatic heterocycles. The first-order chi connectivity index (χ1) is 7.60. The highest BCUT2D eigenvalue weighted by Crippen LogP contribution is 2.37. The highest BCUT2D eigenvalue weighted by atomic mass is 32.1. The summed E-state index contributed by atoms with van der Waals surface area (Å²) in [4.78, 5) is 14.9. The quantitative estimate of drug-likeness (QED) is 0.842. The van der Waals surface area contributed by atoms with Gasteiger partial charge in [0.2, 0.25) is 0 Å². The molecule has 1 aromatic rings. The summed E-state index contributed by atoms with van der Waals surface area (Å²) in [5, 5.41) is 11.5. The Hall–Kier alpha value is -0.940. The normalized spacial score (nSPS) is 18.8. The molecule has 16 heavy (non-hydrogen) atoms. The second-order valence-corrected chi connectivity index (χ2v) is 5.26. The van der Waals surface area contributed by atoms with Crippen molar-refractivity contribution in [3.63, 3.8) is 0 Å². The van der Waals surface area contributed by atoms with Gasteiger partial charge in [0.15, 0.2) is 0 Å². The lowest BCUT2D eigenvalue weighted by Gasteiger charge is -2.19. The molecule has 1 heterocycles. The molecule has 1 fully saturated rings. The Labute approximate surface area is 98.5 Å². The number of hydrogen-bond donors (Lipinski definition) is 2. The van der Waals surface area contributed by atoms with Crippen molar-refractivity contribution >= 4 is 17.3 Å². The first-order valence-electron chi connectivity index (χ1n) is 5.56. The summed E-state index contributed by atoms with van der Waals surface area (Å²) in [5.41, 5.74) is 6.90. The van der Waals surface area contributed by atoms with Gasteiger partial charge < -0.3 is 10.8 Å². The topological polar surface area (TPSA) is 76.2 Å². The van der Waals surface area contributed by atoms with Crippen molar-refractivity contribution in [2.75, 3.05) is 0 Å². The van der Waals surface area contributed by atoms with Crippen molar-refractivity contribution in [3.8, 4) is 0 Å². The fourth-order valence-electron chi connectivity index (χ4n) is 2.11. The Morgan fingerprint density at radius 2 is 2.25 bits per heavy atom. The van der Waals surface area contributed by atoms with Crippen molar-refractivity contribution in [2.45, 2.75) is 44.1 Å². The minimum Gasteiger partial charge on any atom is -0.481 e. The third kappa shape index (κ3) is 2.41. The first kappa shape index (κ1) is 11.5. The molecule has 1 aliphatic rings. The summed E-state index contributed by atoms with van der Waals surface area (Å²) >= 11 is 1.57. The van der Waals surface area contributed by atoms with Crippen LogP contribution in [0.25, 0.3) is 0 Å². The smallest absolute Gasteiger partial charge is 0.303 e. The molecular formula is C11H16N2O2S. The number of thiazole rings is 1. The van der Waals surface area contributed by atoms with Gasteiger partial charge in [-0.05, 0) is 12.8 Å². The van der Waals surface area contributed by atoms with Crippen molar-refractivity contribution < 1.29 is 9.90 Å². The molecule has 0 spiro atoms. The number of aliphatic carboxylic acids is 1. The summed E-state index contributed by atoms with van der Waals surface area (Å²) in [6, 6.07) is 0. The van der Waals surface area contributed by atoms with E-state index in [4.69, 9.17) is 10.8 Å². The second kappa shape index (κ2) is 4.51. The summed E-state index contributed by atoms with van der Waals surface area (Å²) in [6.07, 6.45) is 4.97. The maximum absolute atomic E-state index is 10.4. The minimum atomic E-state index is -0.780. The molecule has 0 radical (unpaired) electrons. The number of rotatable bonds is 4. The van der Waals surface area contributed by atoms with Crippen molar-refractivity contribution in [3.05, 3.63) is 16.1 Å². The highest BCUT2D eigenvalue weighted by Gasteiger charge is 2.33. The minimum absolute atomic E-state index is 0.140. The number of carboxylic acids is 1. The van der Waals surface area contributed by atoms with E-state index in [9.17, 15) is 4.79 Å². The van der Waals surface area contributed by atoms with E-state index in [1.165, 1.54) is 12.8 Å². The van der Waals surface area contributed by atoms with Crippen LogP contribution in [0.3, 0.4) is 0 Å². The fourth-order valence-corrected chi connectivity index (χ4v) is 3.13. The van der Waals surface area contributed by atoms with Gasteiger partial charge in [-0.15, -0.1) is 11.3 Å². The van der Waals surface area contributed by atoms with Gasteiger partial charge in [0.05, 0.1) is 17.7 Å². The van der Waals surface area contributed by atoms with E-state index in [1.54, 1.807) is 11.3 Å². The molecule has 0 unspecified atom stereocenters. The standard InChI is InChI=1S/C11H16N2O2S/c12-11(5-1-2-6-11)10-13-8(7-16-10)3-4-9(14)15/h7H,1-6,12H2,(H,14,15). The Kier molecular flexibility index (Phi) is 3.25. The number of nitrogens with two attached hydrogens (primary N) is 1. The van der Waals surface area contributed by atoms with E-state index >= 15 is 0 Å². The lowest BCUT2D eigenvalue weighted by molar-refractivity contribution is -0.136. The largest absolute Gasteiger partial charge is 0.481 e. The van der Waals surface area contributed by atoms with Gasteiger partial charge in [0.1, 0.15) is 5.01 Å². The van der Waals surface area contributed by atoms with E-state index in [0.717, 1.165) is 23.5 Å². The lowest BCUT2D eigenvalue weighted by Crippen LogP contribution is -2.32. The average molecular weight is 240 g/mol. The maximum Gasteiger partial charge on any atom is 0.303 e. The number of carboxylic acid groups (broad SMARTS) is 1. The lowest BCUT2D eigenvalue weighted by atomic mass is 10.0. The predicted octanol–water partition coefficient (Wildman–Crippen LogP) is 1.89. The van der Waals surface area contributed by atoms with Gasteiger partial charge in [0, 0.05) is 11.8 Å². The van der Waals surface area contributed by atoms with Crippen molar-refractivity contribution in [1.29, 1.82) is 0 Å². The Balaban J connectivity index is 2.04. The third-order valence-electron chi connectivity index (χ3n) is 3.07. The van der Waals surface area contributed by atoms with E-state index in [-0.39, 0.29) is 12.0 Å². The van der Waals surface area contributed by atoms with Gasteiger partial charge in [-0.25, -0.2) is 4.98 Å². The van der Waals surface area contributed by atoms with Crippen LogP contribution in [0.5, 0.6) is 0 Å². The van der Waals surface area contributed by atoms with Gasteiger partial charge in [-0.1, -0.05) is 12.8 Å². The van der Waals surface area contributed by atoms with Crippen molar-refractivity contribution in [2.24, 2.45) is 5.73 Å². The molecule has 1 aliphatic carbocycles. The van der Waals surface area contributed by atoms with E-state index in [2.05, 4.69) is 4.98 Å². The predicted molar refractivity (Wildman–Crippen MR) is 62.4 cm³/mol. The highest BCUT2D eigenvalue weighted by molar-refractivity contribution is 7.09. The number of nitrogens with zero attached hydrogens (tertiary/aromatic N) is 1. The zero-order chi connectivity index (χ0) is 11.6. The van der Waals surface area contributed by atoms with Gasteiger partial charge >= 0.3 is 5.97 Å². The molecule has 2 rings (SSSR count). The van der Waals surface area contributed by atoms with E-state index in [1.807, 2.05) is 5.38 Å². The first-order valence-corrected chi connectivity index (χ1v) is 6.44. The summed E-state index contributed by atoms with van der Waals surface area (Å²) in [6.45, 7) is 0. The maximum atomic E-state index is 10.4. The Morgan fingerprint density at radius 3 is 2.88 bits per heavy atom. The Morgan fingerprint density at radius 1 is 1.56 bits per heavy atom. The number of aromatic nitrogens is 1. The van der Waals surface area contributed by atoms with Crippen LogP contribution in [0.1, 0.15) is 42.8 Å². The van der Waals surface area contributed by atoms with Crippen molar-refractivity contribution in [1.82, 2.24) is 4.98 Å². The van der Waals surface area contributed by atoms with E-state index < -0.39 is 5.97 Å². The molecule has 1 saturated carbocycles. The zero-order valence-corrected chi connectivity index (χ0v) is 9.92. The monoisotopic (exact) mass is 240 g/mol. The average Bonchev–Trinajstić information content (AvgIpc) is 2.84. The fraction of sp³-hybridized carbons (Fsp3) is 0.636. The molecule has 5 heteroatoms. The van der Waals surface area contributed by atoms with Crippen LogP contribution in [0.2, 0.25) is 0 Å². The van der Waals surface area contributed by atoms with Crippen LogP contribution in [0, 0.1) is 0 Å². The van der Waals surface area contributed by atoms with Gasteiger partial charge in [-0.3, -0.25) is 4.79 Å². The molecular weight excluding hydrogens is 224 g/mol. The van der Waals surface area contributed by atoms with Crippen LogP contribution in [-0.2, 0) is 16.8 Å². The molecule has 3 N–H and O–H groups in total. The summed E-state index contributed by atoms with van der Waals surface area (Å²) in [7, 11) is 0. The molecule has 0 saturated heterocycles. The Bertz CT molecular complexity index is 383. The summed E-state index contributed by atoms with van der Waals surface area (Å²) < 4.78 is 0. The SMILES string of the molecule is NC1(c2nc(CCC(=O)O)cs2)CCCC1. The van der Waals surface area contributed by atoms with Gasteiger partial charge in [-0.2, -0.15) is 0 Å². The van der Waals surface area contributed by atoms with Crippen LogP contribution in [0.15, 0.2) is 5.38 Å². The molecule has 0 bridgehead atoms. The van der Waals surface area contributed by atoms with Crippen LogP contribution in [-0.4, -0.2) is 16.1 Å². The molecule has 88 valence electrons. The summed E-state index contributed by atoms with van der Waals surface area (Å²) in [5.74, 6) is -0.780.